The molecule has 0 bridgehead atoms. The van der Waals surface area contributed by atoms with Crippen LogP contribution in [0.25, 0.3) is 10.9 Å². The molecule has 4 heteroatoms. The lowest BCUT2D eigenvalue weighted by Gasteiger charge is -2.44. The summed E-state index contributed by atoms with van der Waals surface area (Å²) in [6.07, 6.45) is 2.95. The predicted octanol–water partition coefficient (Wildman–Crippen LogP) is 4.44. The Bertz CT molecular complexity index is 684. The third-order valence-electron chi connectivity index (χ3n) is 4.91. The molecule has 2 unspecified atom stereocenters. The zero-order chi connectivity index (χ0) is 15.9. The van der Waals surface area contributed by atoms with Crippen LogP contribution in [0.3, 0.4) is 0 Å². The molecule has 0 radical (unpaired) electrons. The quantitative estimate of drug-likeness (QED) is 0.818. The van der Waals surface area contributed by atoms with E-state index in [-0.39, 0.29) is 11.5 Å². The number of para-hydroxylation sites is 1. The van der Waals surface area contributed by atoms with E-state index in [1.807, 2.05) is 6.20 Å². The zero-order valence-corrected chi connectivity index (χ0v) is 13.5. The number of carboxylic acid groups (broad SMARTS) is 1. The normalized spacial score (nSPS) is 23.0. The van der Waals surface area contributed by atoms with Gasteiger partial charge in [-0.15, -0.1) is 0 Å². The third kappa shape index (κ3) is 2.58. The minimum atomic E-state index is -0.795. The first-order valence-electron chi connectivity index (χ1n) is 7.93. The van der Waals surface area contributed by atoms with Gasteiger partial charge in [-0.2, -0.15) is 0 Å². The maximum absolute atomic E-state index is 11.5. The number of aromatic amines is 1. The molecule has 0 saturated carbocycles. The number of rotatable bonds is 1. The van der Waals surface area contributed by atoms with Gasteiger partial charge in [-0.3, -0.25) is 0 Å². The molecule has 2 heterocycles. The first-order valence-corrected chi connectivity index (χ1v) is 7.93. The molecule has 0 spiro atoms. The van der Waals surface area contributed by atoms with Gasteiger partial charge in [0.15, 0.2) is 0 Å². The summed E-state index contributed by atoms with van der Waals surface area (Å²) in [7, 11) is 0. The standard InChI is InChI=1S/C18H24N2O2/c1-18(2,3)15-11-13(8-10-20(15)17(21)22)14-6-4-5-12-7-9-19-16(12)14/h4-7,9,13,15,19H,8,10-11H2,1-3H3,(H,21,22). The topological polar surface area (TPSA) is 56.3 Å². The van der Waals surface area contributed by atoms with Crippen molar-refractivity contribution >= 4 is 17.0 Å². The number of H-pyrrole nitrogens is 1. The van der Waals surface area contributed by atoms with Gasteiger partial charge in [-0.25, -0.2) is 4.79 Å². The molecule has 1 amide bonds. The van der Waals surface area contributed by atoms with E-state index in [4.69, 9.17) is 0 Å². The number of piperidine rings is 1. The molecule has 2 atom stereocenters. The van der Waals surface area contributed by atoms with E-state index in [2.05, 4.69) is 50.0 Å². The number of hydrogen-bond acceptors (Lipinski definition) is 1. The fraction of sp³-hybridized carbons (Fsp3) is 0.500. The molecule has 1 aromatic carbocycles. The number of nitrogens with one attached hydrogen (secondary N) is 1. The van der Waals surface area contributed by atoms with E-state index in [1.54, 1.807) is 4.90 Å². The Labute approximate surface area is 131 Å². The fourth-order valence-corrected chi connectivity index (χ4v) is 3.75. The lowest BCUT2D eigenvalue weighted by atomic mass is 9.75. The van der Waals surface area contributed by atoms with Gasteiger partial charge in [0.25, 0.3) is 0 Å². The summed E-state index contributed by atoms with van der Waals surface area (Å²) < 4.78 is 0. The monoisotopic (exact) mass is 300 g/mol. The number of hydrogen-bond donors (Lipinski definition) is 2. The SMILES string of the molecule is CC(C)(C)C1CC(c2cccc3cc[nH]c23)CCN1C(=O)O. The molecule has 3 rings (SSSR count). The second-order valence-corrected chi connectivity index (χ2v) is 7.37. The largest absolute Gasteiger partial charge is 0.465 e. The number of likely N-dealkylation sites (tertiary alicyclic amines) is 1. The first-order chi connectivity index (χ1) is 10.4. The minimum absolute atomic E-state index is 0.0500. The van der Waals surface area contributed by atoms with Gasteiger partial charge in [0, 0.05) is 24.3 Å². The van der Waals surface area contributed by atoms with Crippen molar-refractivity contribution in [1.29, 1.82) is 0 Å². The van der Waals surface area contributed by atoms with Crippen LogP contribution < -0.4 is 0 Å². The van der Waals surface area contributed by atoms with Crippen molar-refractivity contribution in [2.45, 2.75) is 45.6 Å². The Morgan fingerprint density at radius 3 is 2.77 bits per heavy atom. The smallest absolute Gasteiger partial charge is 0.407 e. The highest BCUT2D eigenvalue weighted by Crippen LogP contribution is 2.40. The highest BCUT2D eigenvalue weighted by Gasteiger charge is 2.39. The van der Waals surface area contributed by atoms with Crippen LogP contribution in [0.2, 0.25) is 0 Å². The van der Waals surface area contributed by atoms with Crippen LogP contribution in [0.5, 0.6) is 0 Å². The molecular weight excluding hydrogens is 276 g/mol. The average molecular weight is 300 g/mol. The first kappa shape index (κ1) is 14.9. The van der Waals surface area contributed by atoms with Crippen molar-refractivity contribution in [3.8, 4) is 0 Å². The Kier molecular flexibility index (Phi) is 3.63. The van der Waals surface area contributed by atoms with E-state index in [0.29, 0.717) is 12.5 Å². The molecule has 1 aliphatic heterocycles. The molecular formula is C18H24N2O2. The lowest BCUT2D eigenvalue weighted by molar-refractivity contribution is 0.0527. The predicted molar refractivity (Wildman–Crippen MR) is 88.2 cm³/mol. The summed E-state index contributed by atoms with van der Waals surface area (Å²) in [5.74, 6) is 0.405. The molecule has 1 aromatic heterocycles. The highest BCUT2D eigenvalue weighted by atomic mass is 16.4. The second kappa shape index (κ2) is 5.34. The van der Waals surface area contributed by atoms with E-state index >= 15 is 0 Å². The van der Waals surface area contributed by atoms with Crippen LogP contribution >= 0.6 is 0 Å². The highest BCUT2D eigenvalue weighted by molar-refractivity contribution is 5.83. The van der Waals surface area contributed by atoms with Crippen molar-refractivity contribution in [2.24, 2.45) is 5.41 Å². The van der Waals surface area contributed by atoms with Gasteiger partial charge in [0.2, 0.25) is 0 Å². The van der Waals surface area contributed by atoms with Crippen LogP contribution in [-0.4, -0.2) is 33.7 Å². The molecule has 0 aliphatic carbocycles. The fourth-order valence-electron chi connectivity index (χ4n) is 3.75. The third-order valence-corrected chi connectivity index (χ3v) is 4.91. The molecule has 1 saturated heterocycles. The maximum Gasteiger partial charge on any atom is 0.407 e. The van der Waals surface area contributed by atoms with Gasteiger partial charge < -0.3 is 15.0 Å². The summed E-state index contributed by atoms with van der Waals surface area (Å²) >= 11 is 0. The van der Waals surface area contributed by atoms with Crippen LogP contribution in [0, 0.1) is 5.41 Å². The molecule has 1 fully saturated rings. The van der Waals surface area contributed by atoms with Crippen LogP contribution in [-0.2, 0) is 0 Å². The van der Waals surface area contributed by atoms with E-state index in [0.717, 1.165) is 12.8 Å². The number of nitrogens with zero attached hydrogens (tertiary/aromatic N) is 1. The number of carbonyl (C=O) groups is 1. The summed E-state index contributed by atoms with van der Waals surface area (Å²) in [6, 6.07) is 8.53. The Morgan fingerprint density at radius 2 is 2.09 bits per heavy atom. The summed E-state index contributed by atoms with van der Waals surface area (Å²) in [4.78, 5) is 16.5. The van der Waals surface area contributed by atoms with Crippen molar-refractivity contribution < 1.29 is 9.90 Å². The van der Waals surface area contributed by atoms with Crippen LogP contribution in [0.15, 0.2) is 30.5 Å². The number of aromatic nitrogens is 1. The average Bonchev–Trinajstić information content (AvgIpc) is 2.94. The number of amides is 1. The summed E-state index contributed by atoms with van der Waals surface area (Å²) in [6.45, 7) is 7.00. The van der Waals surface area contributed by atoms with E-state index < -0.39 is 6.09 Å². The van der Waals surface area contributed by atoms with Crippen molar-refractivity contribution in [1.82, 2.24) is 9.88 Å². The van der Waals surface area contributed by atoms with Gasteiger partial charge in [-0.05, 0) is 41.2 Å². The number of benzene rings is 1. The van der Waals surface area contributed by atoms with Crippen molar-refractivity contribution in [2.75, 3.05) is 6.54 Å². The van der Waals surface area contributed by atoms with Gasteiger partial charge >= 0.3 is 6.09 Å². The zero-order valence-electron chi connectivity index (χ0n) is 13.5. The lowest BCUT2D eigenvalue weighted by Crippen LogP contribution is -2.51. The second-order valence-electron chi connectivity index (χ2n) is 7.37. The van der Waals surface area contributed by atoms with Gasteiger partial charge in [0.05, 0.1) is 0 Å². The summed E-state index contributed by atoms with van der Waals surface area (Å²) in [5, 5.41) is 10.7. The van der Waals surface area contributed by atoms with Crippen LogP contribution in [0.1, 0.15) is 45.1 Å². The minimum Gasteiger partial charge on any atom is -0.465 e. The molecule has 2 N–H and O–H groups in total. The molecule has 4 nitrogen and oxygen atoms in total. The summed E-state index contributed by atoms with van der Waals surface area (Å²) in [5.41, 5.74) is 2.46. The molecule has 2 aromatic rings. The van der Waals surface area contributed by atoms with E-state index in [9.17, 15) is 9.90 Å². The Morgan fingerprint density at radius 1 is 1.32 bits per heavy atom. The van der Waals surface area contributed by atoms with Crippen LogP contribution in [0.4, 0.5) is 4.79 Å². The molecule has 22 heavy (non-hydrogen) atoms. The number of fused-ring (bicyclic) bond motifs is 1. The molecule has 1 aliphatic rings. The Hall–Kier alpha value is -1.97. The van der Waals surface area contributed by atoms with Crippen molar-refractivity contribution in [3.05, 3.63) is 36.0 Å². The Balaban J connectivity index is 1.94. The maximum atomic E-state index is 11.5. The van der Waals surface area contributed by atoms with E-state index in [1.165, 1.54) is 16.5 Å². The molecule has 118 valence electrons. The van der Waals surface area contributed by atoms with Gasteiger partial charge in [-0.1, -0.05) is 39.0 Å². The van der Waals surface area contributed by atoms with Crippen molar-refractivity contribution in [3.63, 3.8) is 0 Å². The van der Waals surface area contributed by atoms with Gasteiger partial charge in [0.1, 0.15) is 0 Å².